The van der Waals surface area contributed by atoms with Gasteiger partial charge in [-0.3, -0.25) is 9.36 Å². The second kappa shape index (κ2) is 11.5. The number of pyridine rings is 1. The van der Waals surface area contributed by atoms with Crippen LogP contribution in [0.15, 0.2) is 48.8 Å². The molecule has 0 radical (unpaired) electrons. The van der Waals surface area contributed by atoms with Gasteiger partial charge >= 0.3 is 0 Å². The maximum absolute atomic E-state index is 13.4. The molecule has 0 unspecified atom stereocenters. The Morgan fingerprint density at radius 1 is 1.05 bits per heavy atom. The number of amides is 1. The van der Waals surface area contributed by atoms with Gasteiger partial charge in [-0.2, -0.15) is 0 Å². The molecule has 4 aromatic rings. The average Bonchev–Trinajstić information content (AvgIpc) is 3.35. The van der Waals surface area contributed by atoms with E-state index in [0.717, 1.165) is 12.4 Å². The molecule has 39 heavy (non-hydrogen) atoms. The van der Waals surface area contributed by atoms with Crippen molar-refractivity contribution in [2.45, 2.75) is 24.3 Å². The minimum Gasteiger partial charge on any atom is -0.494 e. The number of aromatic nitrogens is 6. The zero-order chi connectivity index (χ0) is 28.2. The number of nitrogens with zero attached hydrogens (tertiary/aromatic N) is 6. The summed E-state index contributed by atoms with van der Waals surface area (Å²) in [5, 5.41) is 10.1. The summed E-state index contributed by atoms with van der Waals surface area (Å²) in [4.78, 5) is 24.4. The fourth-order valence-corrected chi connectivity index (χ4v) is 5.06. The molecule has 12 nitrogen and oxygen atoms in total. The monoisotopic (exact) mass is 555 g/mol. The number of carbonyl (C=O) groups is 1. The van der Waals surface area contributed by atoms with Gasteiger partial charge in [0.2, 0.25) is 0 Å². The number of benzene rings is 1. The van der Waals surface area contributed by atoms with Crippen molar-refractivity contribution in [1.82, 2.24) is 35.0 Å². The first-order valence-corrected chi connectivity index (χ1v) is 13.4. The smallest absolute Gasteiger partial charge is 0.269 e. The molecule has 3 heterocycles. The molecule has 204 valence electrons. The molecule has 0 saturated heterocycles. The van der Waals surface area contributed by atoms with Gasteiger partial charge in [-0.1, -0.05) is 12.1 Å². The Morgan fingerprint density at radius 2 is 1.69 bits per heavy atom. The molecule has 4 rings (SSSR count). The van der Waals surface area contributed by atoms with Gasteiger partial charge in [0.1, 0.15) is 40.2 Å². The number of hydrogen-bond donors (Lipinski definition) is 1. The van der Waals surface area contributed by atoms with E-state index in [2.05, 4.69) is 30.5 Å². The number of nitrogens with one attached hydrogen (secondary N) is 1. The molecule has 1 N–H and O–H groups in total. The van der Waals surface area contributed by atoms with E-state index in [9.17, 15) is 17.6 Å². The lowest BCUT2D eigenvalue weighted by Crippen LogP contribution is -2.24. The van der Waals surface area contributed by atoms with Crippen LogP contribution < -0.4 is 14.8 Å². The van der Waals surface area contributed by atoms with Crippen LogP contribution >= 0.6 is 0 Å². The molecule has 1 atom stereocenters. The molecule has 0 saturated carbocycles. The first-order chi connectivity index (χ1) is 18.7. The highest BCUT2D eigenvalue weighted by Gasteiger charge is 2.29. The van der Waals surface area contributed by atoms with E-state index in [-0.39, 0.29) is 35.3 Å². The maximum atomic E-state index is 13.4. The quantitative estimate of drug-likeness (QED) is 0.308. The van der Waals surface area contributed by atoms with Crippen molar-refractivity contribution in [1.29, 1.82) is 0 Å². The van der Waals surface area contributed by atoms with Crippen LogP contribution in [0.1, 0.15) is 29.1 Å². The van der Waals surface area contributed by atoms with E-state index >= 15 is 0 Å². The minimum atomic E-state index is -3.85. The van der Waals surface area contributed by atoms with E-state index in [1.807, 2.05) is 0 Å². The SMILES string of the molecule is CNC(=O)c1cccc(-c2nnc(CS(=O)(=O)[C@H](C)Cc3ncc(F)cn3)n2-c2c(OC)cccc2OC)n1. The summed E-state index contributed by atoms with van der Waals surface area (Å²) in [6.45, 7) is 1.52. The maximum Gasteiger partial charge on any atom is 0.269 e. The average molecular weight is 556 g/mol. The van der Waals surface area contributed by atoms with Crippen LogP contribution in [0.5, 0.6) is 11.5 Å². The predicted molar refractivity (Wildman–Crippen MR) is 139 cm³/mol. The lowest BCUT2D eigenvalue weighted by atomic mass is 10.2. The number of para-hydroxylation sites is 1. The van der Waals surface area contributed by atoms with Crippen molar-refractivity contribution in [3.63, 3.8) is 0 Å². The molecule has 1 aromatic carbocycles. The van der Waals surface area contributed by atoms with E-state index < -0.39 is 32.6 Å². The summed E-state index contributed by atoms with van der Waals surface area (Å²) < 4.78 is 52.7. The van der Waals surface area contributed by atoms with Gasteiger partial charge in [-0.05, 0) is 31.2 Å². The Morgan fingerprint density at radius 3 is 2.31 bits per heavy atom. The van der Waals surface area contributed by atoms with Crippen LogP contribution in [0.4, 0.5) is 4.39 Å². The molecule has 14 heteroatoms. The number of methoxy groups -OCH3 is 2. The van der Waals surface area contributed by atoms with Crippen LogP contribution in [0.2, 0.25) is 0 Å². The normalized spacial score (nSPS) is 12.1. The third-order valence-electron chi connectivity index (χ3n) is 5.88. The number of rotatable bonds is 10. The van der Waals surface area contributed by atoms with Crippen molar-refractivity contribution >= 4 is 15.7 Å². The van der Waals surface area contributed by atoms with Crippen molar-refractivity contribution in [2.75, 3.05) is 21.3 Å². The number of carbonyl (C=O) groups excluding carboxylic acids is 1. The van der Waals surface area contributed by atoms with Gasteiger partial charge in [0, 0.05) is 13.5 Å². The second-order valence-corrected chi connectivity index (χ2v) is 10.8. The summed E-state index contributed by atoms with van der Waals surface area (Å²) in [5.74, 6) is -0.384. The standard InChI is InChI=1S/C25H26FN7O5S/c1-15(11-21-28-12-16(26)13-29-21)39(35,36)14-22-31-32-24(17-7-5-8-18(30-17)25(34)27-2)33(22)23-19(37-3)9-6-10-20(23)38-4/h5-10,12-13,15H,11,14H2,1-4H3,(H,27,34)/t15-/m1/s1. The Labute approximate surface area is 224 Å². The molecule has 0 spiro atoms. The largest absolute Gasteiger partial charge is 0.494 e. The van der Waals surface area contributed by atoms with Crippen LogP contribution in [0, 0.1) is 5.82 Å². The van der Waals surface area contributed by atoms with Gasteiger partial charge in [0.15, 0.2) is 27.3 Å². The first kappa shape index (κ1) is 27.6. The Hall–Kier alpha value is -4.46. The van der Waals surface area contributed by atoms with Gasteiger partial charge in [-0.25, -0.2) is 27.8 Å². The number of hydrogen-bond acceptors (Lipinski definition) is 10. The highest BCUT2D eigenvalue weighted by Crippen LogP contribution is 2.36. The summed E-state index contributed by atoms with van der Waals surface area (Å²) in [6, 6.07) is 9.88. The lowest BCUT2D eigenvalue weighted by Gasteiger charge is -2.18. The molecular weight excluding hydrogens is 529 g/mol. The minimum absolute atomic E-state index is 0.0304. The summed E-state index contributed by atoms with van der Waals surface area (Å²) in [6.07, 6.45) is 1.94. The first-order valence-electron chi connectivity index (χ1n) is 11.7. The molecule has 3 aromatic heterocycles. The molecule has 0 bridgehead atoms. The Balaban J connectivity index is 1.83. The van der Waals surface area contributed by atoms with E-state index in [0.29, 0.717) is 17.2 Å². The molecule has 0 aliphatic carbocycles. The Kier molecular flexibility index (Phi) is 8.14. The topological polar surface area (TPSA) is 151 Å². The van der Waals surface area contributed by atoms with E-state index in [1.165, 1.54) is 38.8 Å². The molecule has 1 amide bonds. The summed E-state index contributed by atoms with van der Waals surface area (Å²) in [7, 11) is 0.570. The fourth-order valence-electron chi connectivity index (χ4n) is 3.83. The van der Waals surface area contributed by atoms with Crippen LogP contribution in [-0.2, 0) is 22.0 Å². The molecule has 0 aliphatic rings. The van der Waals surface area contributed by atoms with Crippen LogP contribution in [0.3, 0.4) is 0 Å². The van der Waals surface area contributed by atoms with Gasteiger partial charge in [0.05, 0.1) is 31.9 Å². The van der Waals surface area contributed by atoms with Gasteiger partial charge < -0.3 is 14.8 Å². The number of sulfone groups is 1. The molecule has 0 aliphatic heterocycles. The number of ether oxygens (including phenoxy) is 2. The van der Waals surface area contributed by atoms with Crippen molar-refractivity contribution in [3.05, 3.63) is 72.0 Å². The third-order valence-corrected chi connectivity index (χ3v) is 7.93. The van der Waals surface area contributed by atoms with Crippen molar-refractivity contribution in [3.8, 4) is 28.7 Å². The predicted octanol–water partition coefficient (Wildman–Crippen LogP) is 2.18. The summed E-state index contributed by atoms with van der Waals surface area (Å²) in [5.41, 5.74) is 0.765. The third kappa shape index (κ3) is 5.85. The molecule has 0 fully saturated rings. The van der Waals surface area contributed by atoms with Crippen molar-refractivity contribution < 1.29 is 27.1 Å². The number of halogens is 1. The van der Waals surface area contributed by atoms with Crippen LogP contribution in [-0.4, -0.2) is 70.6 Å². The van der Waals surface area contributed by atoms with Crippen LogP contribution in [0.25, 0.3) is 17.2 Å². The highest BCUT2D eigenvalue weighted by atomic mass is 32.2. The highest BCUT2D eigenvalue weighted by molar-refractivity contribution is 7.91. The second-order valence-electron chi connectivity index (χ2n) is 8.41. The zero-order valence-corrected chi connectivity index (χ0v) is 22.4. The van der Waals surface area contributed by atoms with E-state index in [4.69, 9.17) is 9.47 Å². The van der Waals surface area contributed by atoms with Gasteiger partial charge in [-0.15, -0.1) is 10.2 Å². The Bertz CT molecular complexity index is 1570. The van der Waals surface area contributed by atoms with Gasteiger partial charge in [0.25, 0.3) is 5.91 Å². The zero-order valence-electron chi connectivity index (χ0n) is 21.6. The van der Waals surface area contributed by atoms with Crippen molar-refractivity contribution in [2.24, 2.45) is 0 Å². The summed E-state index contributed by atoms with van der Waals surface area (Å²) >= 11 is 0. The molecular formula is C25H26FN7O5S. The lowest BCUT2D eigenvalue weighted by molar-refractivity contribution is 0.0958. The van der Waals surface area contributed by atoms with E-state index in [1.54, 1.807) is 30.3 Å². The fraction of sp³-hybridized carbons (Fsp3) is 0.280.